The molecule has 26 heavy (non-hydrogen) atoms. The van der Waals surface area contributed by atoms with Crippen LogP contribution in [-0.4, -0.2) is 41.9 Å². The molecule has 0 N–H and O–H groups in total. The van der Waals surface area contributed by atoms with E-state index in [0.29, 0.717) is 23.9 Å². The molecule has 3 nitrogen and oxygen atoms in total. The highest BCUT2D eigenvalue weighted by molar-refractivity contribution is 5.81. The molecule has 0 aliphatic carbocycles. The minimum absolute atomic E-state index is 0.249. The van der Waals surface area contributed by atoms with Crippen LogP contribution in [0.2, 0.25) is 0 Å². The predicted octanol–water partition coefficient (Wildman–Crippen LogP) is 4.07. The van der Waals surface area contributed by atoms with Crippen molar-refractivity contribution in [1.29, 1.82) is 0 Å². The molecule has 144 valence electrons. The molecule has 1 amide bonds. The molecule has 1 aromatic rings. The molecule has 1 atom stereocenters. The molecule has 0 aromatic heterocycles. The number of carbonyl (C=O) groups excluding carboxylic acids is 1. The van der Waals surface area contributed by atoms with E-state index in [-0.39, 0.29) is 11.3 Å². The van der Waals surface area contributed by atoms with Crippen LogP contribution in [0.25, 0.3) is 0 Å². The van der Waals surface area contributed by atoms with Gasteiger partial charge in [-0.1, -0.05) is 32.9 Å². The summed E-state index contributed by atoms with van der Waals surface area (Å²) in [6.45, 7) is 9.96. The summed E-state index contributed by atoms with van der Waals surface area (Å²) >= 11 is 0. The molecular formula is C21H30F2N2O. The Balaban J connectivity index is 1.50. The first-order chi connectivity index (χ1) is 12.3. The normalized spacial score (nSPS) is 22.8. The van der Waals surface area contributed by atoms with E-state index >= 15 is 0 Å². The zero-order chi connectivity index (χ0) is 18.9. The average Bonchev–Trinajstić information content (AvgIpc) is 3.08. The van der Waals surface area contributed by atoms with Gasteiger partial charge in [0.15, 0.2) is 11.6 Å². The summed E-state index contributed by atoms with van der Waals surface area (Å²) in [5.74, 6) is -0.0385. The van der Waals surface area contributed by atoms with Crippen LogP contribution in [0, 0.1) is 28.9 Å². The van der Waals surface area contributed by atoms with Crippen LogP contribution in [0.3, 0.4) is 0 Å². The highest BCUT2D eigenvalue weighted by Gasteiger charge is 2.36. The number of nitrogens with zero attached hydrogens (tertiary/aromatic N) is 2. The Kier molecular flexibility index (Phi) is 5.66. The van der Waals surface area contributed by atoms with Crippen LogP contribution in [0.1, 0.15) is 45.6 Å². The lowest BCUT2D eigenvalue weighted by Crippen LogP contribution is -2.39. The summed E-state index contributed by atoms with van der Waals surface area (Å²) in [7, 11) is 0. The first-order valence-corrected chi connectivity index (χ1v) is 9.70. The van der Waals surface area contributed by atoms with Crippen molar-refractivity contribution in [2.45, 2.75) is 46.6 Å². The lowest BCUT2D eigenvalue weighted by atomic mass is 9.83. The van der Waals surface area contributed by atoms with Gasteiger partial charge >= 0.3 is 0 Å². The second-order valence-electron chi connectivity index (χ2n) is 8.88. The fourth-order valence-electron chi connectivity index (χ4n) is 4.32. The van der Waals surface area contributed by atoms with Crippen LogP contribution >= 0.6 is 0 Å². The van der Waals surface area contributed by atoms with Gasteiger partial charge in [-0.05, 0) is 50.3 Å². The summed E-state index contributed by atoms with van der Waals surface area (Å²) in [6, 6.07) is 4.40. The number of likely N-dealkylation sites (tertiary alicyclic amines) is 2. The topological polar surface area (TPSA) is 23.6 Å². The summed E-state index contributed by atoms with van der Waals surface area (Å²) in [4.78, 5) is 16.7. The number of halogens is 2. The summed E-state index contributed by atoms with van der Waals surface area (Å²) in [5, 5.41) is 0. The Morgan fingerprint density at radius 2 is 1.73 bits per heavy atom. The van der Waals surface area contributed by atoms with E-state index in [9.17, 15) is 13.6 Å². The van der Waals surface area contributed by atoms with Gasteiger partial charge in [0, 0.05) is 30.6 Å². The molecule has 2 aliphatic heterocycles. The monoisotopic (exact) mass is 364 g/mol. The van der Waals surface area contributed by atoms with Crippen molar-refractivity contribution in [2.24, 2.45) is 17.3 Å². The van der Waals surface area contributed by atoms with Crippen LogP contribution in [-0.2, 0) is 11.3 Å². The van der Waals surface area contributed by atoms with E-state index in [0.717, 1.165) is 51.5 Å². The van der Waals surface area contributed by atoms with E-state index in [1.165, 1.54) is 0 Å². The van der Waals surface area contributed by atoms with E-state index < -0.39 is 11.6 Å². The molecule has 5 heteroatoms. The van der Waals surface area contributed by atoms with Crippen LogP contribution in [0.5, 0.6) is 0 Å². The van der Waals surface area contributed by atoms with E-state index in [2.05, 4.69) is 4.90 Å². The molecule has 1 aromatic carbocycles. The van der Waals surface area contributed by atoms with Gasteiger partial charge in [-0.3, -0.25) is 9.69 Å². The van der Waals surface area contributed by atoms with Gasteiger partial charge in [0.25, 0.3) is 0 Å². The molecule has 2 saturated heterocycles. The minimum Gasteiger partial charge on any atom is -0.342 e. The summed E-state index contributed by atoms with van der Waals surface area (Å²) < 4.78 is 27.2. The number of amides is 1. The molecule has 0 spiro atoms. The molecular weight excluding hydrogens is 334 g/mol. The molecule has 0 bridgehead atoms. The maximum Gasteiger partial charge on any atom is 0.227 e. The van der Waals surface area contributed by atoms with Crippen molar-refractivity contribution < 1.29 is 13.6 Å². The Hall–Kier alpha value is -1.49. The number of benzene rings is 1. The standard InChI is InChI=1S/C21H30F2N2O/c1-21(2,3)20(26)25-12-9-16(14-25)15-7-10-24(11-8-15)13-17-5-4-6-18(22)19(17)23/h4-6,15-16H,7-14H2,1-3H3/t16-/m1/s1. The van der Waals surface area contributed by atoms with Crippen molar-refractivity contribution in [2.75, 3.05) is 26.2 Å². The minimum atomic E-state index is -0.771. The molecule has 0 radical (unpaired) electrons. The third-order valence-electron chi connectivity index (χ3n) is 5.88. The van der Waals surface area contributed by atoms with Gasteiger partial charge in [-0.2, -0.15) is 0 Å². The summed E-state index contributed by atoms with van der Waals surface area (Å²) in [6.07, 6.45) is 3.23. The SMILES string of the molecule is CC(C)(C)C(=O)N1CC[C@@H](C2CCN(Cc3cccc(F)c3F)CC2)C1. The van der Waals surface area contributed by atoms with E-state index in [1.807, 2.05) is 25.7 Å². The van der Waals surface area contributed by atoms with Crippen LogP contribution < -0.4 is 0 Å². The number of piperidine rings is 1. The summed E-state index contributed by atoms with van der Waals surface area (Å²) in [5.41, 5.74) is 0.124. The molecule has 2 fully saturated rings. The maximum atomic E-state index is 13.9. The van der Waals surface area contributed by atoms with Gasteiger partial charge in [-0.15, -0.1) is 0 Å². The second-order valence-corrected chi connectivity index (χ2v) is 8.88. The molecule has 0 unspecified atom stereocenters. The smallest absolute Gasteiger partial charge is 0.227 e. The Labute approximate surface area is 155 Å². The predicted molar refractivity (Wildman–Crippen MR) is 98.5 cm³/mol. The highest BCUT2D eigenvalue weighted by atomic mass is 19.2. The van der Waals surface area contributed by atoms with Crippen LogP contribution in [0.15, 0.2) is 18.2 Å². The number of hydrogen-bond acceptors (Lipinski definition) is 2. The van der Waals surface area contributed by atoms with Crippen molar-refractivity contribution in [3.05, 3.63) is 35.4 Å². The maximum absolute atomic E-state index is 13.9. The molecule has 2 heterocycles. The highest BCUT2D eigenvalue weighted by Crippen LogP contribution is 2.34. The van der Waals surface area contributed by atoms with Crippen molar-refractivity contribution in [1.82, 2.24) is 9.80 Å². The fraction of sp³-hybridized carbons (Fsp3) is 0.667. The van der Waals surface area contributed by atoms with Crippen LogP contribution in [0.4, 0.5) is 8.78 Å². The van der Waals surface area contributed by atoms with Gasteiger partial charge in [-0.25, -0.2) is 8.78 Å². The van der Waals surface area contributed by atoms with Gasteiger partial charge < -0.3 is 4.90 Å². The Morgan fingerprint density at radius 1 is 1.08 bits per heavy atom. The number of rotatable bonds is 3. The fourth-order valence-corrected chi connectivity index (χ4v) is 4.32. The third kappa shape index (κ3) is 4.25. The molecule has 3 rings (SSSR count). The number of carbonyl (C=O) groups is 1. The largest absolute Gasteiger partial charge is 0.342 e. The van der Waals surface area contributed by atoms with E-state index in [1.54, 1.807) is 12.1 Å². The number of hydrogen-bond donors (Lipinski definition) is 0. The first kappa shape index (κ1) is 19.3. The quantitative estimate of drug-likeness (QED) is 0.807. The van der Waals surface area contributed by atoms with E-state index in [4.69, 9.17) is 0 Å². The lowest BCUT2D eigenvalue weighted by Gasteiger charge is -2.35. The lowest BCUT2D eigenvalue weighted by molar-refractivity contribution is -0.138. The van der Waals surface area contributed by atoms with Gasteiger partial charge in [0.2, 0.25) is 5.91 Å². The van der Waals surface area contributed by atoms with Gasteiger partial charge in [0.05, 0.1) is 0 Å². The van der Waals surface area contributed by atoms with Crippen molar-refractivity contribution in [3.8, 4) is 0 Å². The first-order valence-electron chi connectivity index (χ1n) is 9.70. The average molecular weight is 364 g/mol. The zero-order valence-corrected chi connectivity index (χ0v) is 16.1. The third-order valence-corrected chi connectivity index (χ3v) is 5.88. The molecule has 2 aliphatic rings. The Morgan fingerprint density at radius 3 is 2.38 bits per heavy atom. The Bertz CT molecular complexity index is 648. The van der Waals surface area contributed by atoms with Crippen molar-refractivity contribution in [3.63, 3.8) is 0 Å². The van der Waals surface area contributed by atoms with Gasteiger partial charge in [0.1, 0.15) is 0 Å². The second kappa shape index (κ2) is 7.63. The van der Waals surface area contributed by atoms with Crippen molar-refractivity contribution >= 4 is 5.91 Å². The zero-order valence-electron chi connectivity index (χ0n) is 16.1. The molecule has 0 saturated carbocycles.